The first-order valence-corrected chi connectivity index (χ1v) is 7.11. The van der Waals surface area contributed by atoms with Gasteiger partial charge in [-0.3, -0.25) is 9.69 Å². The highest BCUT2D eigenvalue weighted by Crippen LogP contribution is 2.24. The molecule has 0 aromatic heterocycles. The van der Waals surface area contributed by atoms with Crippen molar-refractivity contribution in [2.45, 2.75) is 19.4 Å². The van der Waals surface area contributed by atoms with Gasteiger partial charge in [-0.15, -0.1) is 0 Å². The molecule has 19 heavy (non-hydrogen) atoms. The molecule has 0 aliphatic carbocycles. The van der Waals surface area contributed by atoms with Crippen LogP contribution in [0.3, 0.4) is 0 Å². The molecule has 2 heterocycles. The Labute approximate surface area is 114 Å². The lowest BCUT2D eigenvalue weighted by Crippen LogP contribution is -2.50. The van der Waals surface area contributed by atoms with Crippen LogP contribution in [-0.2, 0) is 6.42 Å². The largest absolute Gasteiger partial charge is 0.384 e. The lowest BCUT2D eigenvalue weighted by molar-refractivity contribution is 0.0820. The summed E-state index contributed by atoms with van der Waals surface area (Å²) in [5.74, 6) is 0.247. The summed E-state index contributed by atoms with van der Waals surface area (Å²) in [5.41, 5.74) is 3.32. The van der Waals surface area contributed by atoms with E-state index < -0.39 is 0 Å². The SMILES string of the molecule is CC(C(=O)c1ccc2c(c1)CCN2)N1CCNCC1. The molecule has 1 saturated heterocycles. The molecular weight excluding hydrogens is 238 g/mol. The monoisotopic (exact) mass is 259 g/mol. The second-order valence-electron chi connectivity index (χ2n) is 5.37. The number of hydrogen-bond acceptors (Lipinski definition) is 4. The van der Waals surface area contributed by atoms with Crippen LogP contribution in [0.4, 0.5) is 5.69 Å². The minimum atomic E-state index is -0.0190. The molecule has 2 aliphatic rings. The van der Waals surface area contributed by atoms with E-state index in [-0.39, 0.29) is 11.8 Å². The molecule has 1 atom stereocenters. The van der Waals surface area contributed by atoms with Crippen LogP contribution in [-0.4, -0.2) is 49.4 Å². The van der Waals surface area contributed by atoms with Gasteiger partial charge in [-0.1, -0.05) is 0 Å². The van der Waals surface area contributed by atoms with Crippen molar-refractivity contribution in [3.8, 4) is 0 Å². The van der Waals surface area contributed by atoms with E-state index >= 15 is 0 Å². The van der Waals surface area contributed by atoms with Crippen molar-refractivity contribution in [1.82, 2.24) is 10.2 Å². The average Bonchev–Trinajstić information content (AvgIpc) is 2.94. The summed E-state index contributed by atoms with van der Waals surface area (Å²) in [4.78, 5) is 14.8. The van der Waals surface area contributed by atoms with Crippen LogP contribution in [0.1, 0.15) is 22.8 Å². The number of piperazine rings is 1. The van der Waals surface area contributed by atoms with Crippen molar-refractivity contribution in [2.75, 3.05) is 38.0 Å². The standard InChI is InChI=1S/C15H21N3O/c1-11(18-8-6-16-7-9-18)15(19)13-2-3-14-12(10-13)4-5-17-14/h2-3,10-11,16-17H,4-9H2,1H3. The number of benzene rings is 1. The molecule has 0 spiro atoms. The zero-order valence-corrected chi connectivity index (χ0v) is 11.4. The molecule has 0 saturated carbocycles. The van der Waals surface area contributed by atoms with Crippen LogP contribution in [0.15, 0.2) is 18.2 Å². The van der Waals surface area contributed by atoms with Gasteiger partial charge >= 0.3 is 0 Å². The lowest BCUT2D eigenvalue weighted by Gasteiger charge is -2.31. The first kappa shape index (κ1) is 12.6. The van der Waals surface area contributed by atoms with Crippen molar-refractivity contribution in [3.63, 3.8) is 0 Å². The molecule has 4 nitrogen and oxygen atoms in total. The predicted molar refractivity (Wildman–Crippen MR) is 76.9 cm³/mol. The average molecular weight is 259 g/mol. The van der Waals surface area contributed by atoms with E-state index in [2.05, 4.69) is 21.6 Å². The van der Waals surface area contributed by atoms with Crippen molar-refractivity contribution in [2.24, 2.45) is 0 Å². The fraction of sp³-hybridized carbons (Fsp3) is 0.533. The Hall–Kier alpha value is -1.39. The van der Waals surface area contributed by atoms with Crippen LogP contribution in [0.25, 0.3) is 0 Å². The molecule has 1 fully saturated rings. The molecule has 0 radical (unpaired) electrons. The Balaban J connectivity index is 1.75. The highest BCUT2D eigenvalue weighted by Gasteiger charge is 2.24. The summed E-state index contributed by atoms with van der Waals surface area (Å²) in [6, 6.07) is 6.05. The summed E-state index contributed by atoms with van der Waals surface area (Å²) in [5, 5.41) is 6.65. The molecule has 3 rings (SSSR count). The Morgan fingerprint density at radius 3 is 2.84 bits per heavy atom. The summed E-state index contributed by atoms with van der Waals surface area (Å²) < 4.78 is 0. The van der Waals surface area contributed by atoms with E-state index in [9.17, 15) is 4.79 Å². The quantitative estimate of drug-likeness (QED) is 0.799. The molecule has 102 valence electrons. The Kier molecular flexibility index (Phi) is 3.53. The Bertz CT molecular complexity index is 480. The summed E-state index contributed by atoms with van der Waals surface area (Å²) >= 11 is 0. The van der Waals surface area contributed by atoms with E-state index in [0.717, 1.165) is 44.7 Å². The predicted octanol–water partition coefficient (Wildman–Crippen LogP) is 1.13. The number of carbonyl (C=O) groups is 1. The van der Waals surface area contributed by atoms with Gasteiger partial charge in [0, 0.05) is 44.0 Å². The number of Topliss-reactive ketones (excluding diaryl/α,β-unsaturated/α-hetero) is 1. The number of anilines is 1. The van der Waals surface area contributed by atoms with E-state index in [4.69, 9.17) is 0 Å². The number of ketones is 1. The lowest BCUT2D eigenvalue weighted by atomic mass is 10.0. The smallest absolute Gasteiger partial charge is 0.179 e. The highest BCUT2D eigenvalue weighted by molar-refractivity contribution is 6.00. The maximum absolute atomic E-state index is 12.6. The van der Waals surface area contributed by atoms with Gasteiger partial charge in [-0.25, -0.2) is 0 Å². The number of fused-ring (bicyclic) bond motifs is 1. The van der Waals surface area contributed by atoms with Crippen LogP contribution in [0.5, 0.6) is 0 Å². The third-order valence-corrected chi connectivity index (χ3v) is 4.18. The maximum Gasteiger partial charge on any atom is 0.179 e. The molecule has 2 aliphatic heterocycles. The van der Waals surface area contributed by atoms with Gasteiger partial charge in [0.25, 0.3) is 0 Å². The Morgan fingerprint density at radius 2 is 2.05 bits per heavy atom. The fourth-order valence-corrected chi connectivity index (χ4v) is 2.93. The van der Waals surface area contributed by atoms with Gasteiger partial charge in [-0.05, 0) is 37.1 Å². The molecule has 1 aromatic rings. The zero-order chi connectivity index (χ0) is 13.2. The van der Waals surface area contributed by atoms with Crippen LogP contribution < -0.4 is 10.6 Å². The van der Waals surface area contributed by atoms with Crippen LogP contribution >= 0.6 is 0 Å². The van der Waals surface area contributed by atoms with Crippen molar-refractivity contribution < 1.29 is 4.79 Å². The third-order valence-electron chi connectivity index (χ3n) is 4.18. The number of rotatable bonds is 3. The molecule has 0 amide bonds. The second-order valence-corrected chi connectivity index (χ2v) is 5.37. The number of nitrogens with one attached hydrogen (secondary N) is 2. The molecule has 2 N–H and O–H groups in total. The van der Waals surface area contributed by atoms with Gasteiger partial charge in [-0.2, -0.15) is 0 Å². The van der Waals surface area contributed by atoms with Gasteiger partial charge in [0.1, 0.15) is 0 Å². The van der Waals surface area contributed by atoms with E-state index in [1.807, 2.05) is 19.1 Å². The van der Waals surface area contributed by atoms with E-state index in [1.54, 1.807) is 0 Å². The second kappa shape index (κ2) is 5.31. The van der Waals surface area contributed by atoms with Crippen LogP contribution in [0, 0.1) is 0 Å². The van der Waals surface area contributed by atoms with Crippen molar-refractivity contribution in [3.05, 3.63) is 29.3 Å². The van der Waals surface area contributed by atoms with Gasteiger partial charge in [0.15, 0.2) is 5.78 Å². The molecule has 4 heteroatoms. The number of nitrogens with zero attached hydrogens (tertiary/aromatic N) is 1. The zero-order valence-electron chi connectivity index (χ0n) is 11.4. The first-order chi connectivity index (χ1) is 9.25. The van der Waals surface area contributed by atoms with Crippen molar-refractivity contribution in [1.29, 1.82) is 0 Å². The Morgan fingerprint density at radius 1 is 1.26 bits per heavy atom. The van der Waals surface area contributed by atoms with E-state index in [0.29, 0.717) is 0 Å². The van der Waals surface area contributed by atoms with Crippen LogP contribution in [0.2, 0.25) is 0 Å². The minimum absolute atomic E-state index is 0.0190. The first-order valence-electron chi connectivity index (χ1n) is 7.11. The summed E-state index contributed by atoms with van der Waals surface area (Å²) in [6.07, 6.45) is 1.03. The number of hydrogen-bond donors (Lipinski definition) is 2. The molecular formula is C15H21N3O. The topological polar surface area (TPSA) is 44.4 Å². The third kappa shape index (κ3) is 2.51. The molecule has 1 unspecified atom stereocenters. The fourth-order valence-electron chi connectivity index (χ4n) is 2.93. The van der Waals surface area contributed by atoms with E-state index in [1.165, 1.54) is 11.3 Å². The molecule has 0 bridgehead atoms. The van der Waals surface area contributed by atoms with Crippen molar-refractivity contribution >= 4 is 11.5 Å². The molecule has 1 aromatic carbocycles. The highest BCUT2D eigenvalue weighted by atomic mass is 16.1. The number of carbonyl (C=O) groups excluding carboxylic acids is 1. The summed E-state index contributed by atoms with van der Waals surface area (Å²) in [7, 11) is 0. The minimum Gasteiger partial charge on any atom is -0.384 e. The van der Waals surface area contributed by atoms with Gasteiger partial charge in [0.05, 0.1) is 6.04 Å². The van der Waals surface area contributed by atoms with Gasteiger partial charge < -0.3 is 10.6 Å². The maximum atomic E-state index is 12.6. The normalized spacial score (nSPS) is 20.7. The van der Waals surface area contributed by atoms with Gasteiger partial charge in [0.2, 0.25) is 0 Å². The summed E-state index contributed by atoms with van der Waals surface area (Å²) in [6.45, 7) is 6.88.